The van der Waals surface area contributed by atoms with Crippen molar-refractivity contribution < 1.29 is 24.2 Å². The first-order valence-electron chi connectivity index (χ1n) is 13.2. The maximum atomic E-state index is 15.0. The van der Waals surface area contributed by atoms with Gasteiger partial charge in [-0.2, -0.15) is 0 Å². The second kappa shape index (κ2) is 9.85. The quantitative estimate of drug-likeness (QED) is 0.465. The molecule has 3 fully saturated rings. The molecule has 4 atom stereocenters. The number of amides is 2. The van der Waals surface area contributed by atoms with E-state index in [1.807, 2.05) is 12.1 Å². The molecule has 1 aromatic rings. The van der Waals surface area contributed by atoms with Crippen LogP contribution in [0.2, 0.25) is 0 Å². The van der Waals surface area contributed by atoms with Crippen molar-refractivity contribution in [3.63, 3.8) is 0 Å². The van der Waals surface area contributed by atoms with E-state index in [0.717, 1.165) is 25.2 Å². The van der Waals surface area contributed by atoms with Crippen LogP contribution in [0.1, 0.15) is 51.2 Å². The van der Waals surface area contributed by atoms with Gasteiger partial charge in [0.15, 0.2) is 6.23 Å². The first kappa shape index (κ1) is 25.9. The maximum absolute atomic E-state index is 15.0. The van der Waals surface area contributed by atoms with Crippen LogP contribution in [0, 0.1) is 23.1 Å². The molecule has 3 saturated heterocycles. The number of allylic oxidation sites excluding steroid dienone is 2. The molecule has 3 aliphatic heterocycles. The van der Waals surface area contributed by atoms with Gasteiger partial charge in [-0.05, 0) is 48.3 Å². The van der Waals surface area contributed by atoms with E-state index in [0.29, 0.717) is 41.0 Å². The minimum absolute atomic E-state index is 0.203. The summed E-state index contributed by atoms with van der Waals surface area (Å²) in [6.07, 6.45) is 2.48. The maximum Gasteiger partial charge on any atom is 0.244 e. The Morgan fingerprint density at radius 2 is 1.92 bits per heavy atom. The molecule has 0 aromatic heterocycles. The van der Waals surface area contributed by atoms with Gasteiger partial charge in [-0.3, -0.25) is 14.5 Å². The lowest BCUT2D eigenvalue weighted by atomic mass is 9.76. The highest BCUT2D eigenvalue weighted by Gasteiger charge is 2.50. The van der Waals surface area contributed by atoms with Gasteiger partial charge in [0.25, 0.3) is 0 Å². The number of carbonyl (C=O) groups excluding carboxylic acids is 2. The summed E-state index contributed by atoms with van der Waals surface area (Å²) in [7, 11) is 0. The summed E-state index contributed by atoms with van der Waals surface area (Å²) in [6, 6.07) is 4.49. The van der Waals surface area contributed by atoms with Gasteiger partial charge in [-0.15, -0.1) is 0 Å². The lowest BCUT2D eigenvalue weighted by molar-refractivity contribution is -0.150. The van der Waals surface area contributed by atoms with Gasteiger partial charge >= 0.3 is 0 Å². The number of likely N-dealkylation sites (tertiary alicyclic amines) is 2. The van der Waals surface area contributed by atoms with Crippen LogP contribution in [0.5, 0.6) is 0 Å². The Morgan fingerprint density at radius 3 is 2.59 bits per heavy atom. The Morgan fingerprint density at radius 1 is 1.16 bits per heavy atom. The average Bonchev–Trinajstić information content (AvgIpc) is 3.05. The summed E-state index contributed by atoms with van der Waals surface area (Å²) < 4.78 is 15.0. The Bertz CT molecular complexity index is 1140. The van der Waals surface area contributed by atoms with Crippen molar-refractivity contribution in [2.45, 2.75) is 71.6 Å². The zero-order valence-electron chi connectivity index (χ0n) is 21.7. The van der Waals surface area contributed by atoms with Gasteiger partial charge in [-0.1, -0.05) is 39.0 Å². The monoisotopic (exact) mass is 512 g/mol. The van der Waals surface area contributed by atoms with Crippen molar-refractivity contribution in [3.8, 4) is 0 Å². The minimum Gasteiger partial charge on any atom is -0.381 e. The molecule has 0 saturated carbocycles. The van der Waals surface area contributed by atoms with Crippen molar-refractivity contribution >= 4 is 11.8 Å². The smallest absolute Gasteiger partial charge is 0.244 e. The van der Waals surface area contributed by atoms with E-state index in [4.69, 9.17) is 0 Å². The van der Waals surface area contributed by atoms with Crippen LogP contribution >= 0.6 is 0 Å². The Hall–Kier alpha value is -2.75. The molecule has 0 bridgehead atoms. The molecule has 4 unspecified atom stereocenters. The fourth-order valence-electron chi connectivity index (χ4n) is 5.79. The van der Waals surface area contributed by atoms with Gasteiger partial charge in [-0.25, -0.2) is 4.39 Å². The van der Waals surface area contributed by atoms with Gasteiger partial charge in [0.1, 0.15) is 18.1 Å². The van der Waals surface area contributed by atoms with Crippen LogP contribution in [0.15, 0.2) is 41.6 Å². The highest BCUT2D eigenvalue weighted by atomic mass is 19.1. The molecule has 0 radical (unpaired) electrons. The fourth-order valence-corrected chi connectivity index (χ4v) is 5.79. The predicted octanol–water partition coefficient (Wildman–Crippen LogP) is 1.98. The van der Waals surface area contributed by atoms with Crippen LogP contribution in [-0.2, 0) is 22.7 Å². The van der Waals surface area contributed by atoms with Gasteiger partial charge in [0.05, 0.1) is 5.92 Å². The van der Waals surface area contributed by atoms with Gasteiger partial charge in [0.2, 0.25) is 11.8 Å². The summed E-state index contributed by atoms with van der Waals surface area (Å²) in [6.45, 7) is 9.76. The van der Waals surface area contributed by atoms with E-state index in [1.165, 1.54) is 4.90 Å². The molecule has 2 amide bonds. The highest BCUT2D eigenvalue weighted by Crippen LogP contribution is 2.39. The number of benzene rings is 1. The number of fused-ring (bicyclic) bond motifs is 1. The van der Waals surface area contributed by atoms with Gasteiger partial charge < -0.3 is 25.7 Å². The molecule has 3 heterocycles. The molecule has 1 aromatic carbocycles. The van der Waals surface area contributed by atoms with Gasteiger partial charge in [0, 0.05) is 43.0 Å². The number of hydrogen-bond acceptors (Lipinski definition) is 6. The van der Waals surface area contributed by atoms with E-state index in [9.17, 15) is 24.2 Å². The molecule has 0 spiro atoms. The van der Waals surface area contributed by atoms with Crippen molar-refractivity contribution in [2.24, 2.45) is 17.3 Å². The van der Waals surface area contributed by atoms with Crippen LogP contribution in [0.3, 0.4) is 0 Å². The normalized spacial score (nSPS) is 28.9. The Labute approximate surface area is 217 Å². The third-order valence-corrected chi connectivity index (χ3v) is 8.27. The largest absolute Gasteiger partial charge is 0.381 e. The van der Waals surface area contributed by atoms with E-state index in [1.54, 1.807) is 18.2 Å². The molecule has 9 heteroatoms. The zero-order chi connectivity index (χ0) is 26.5. The number of aliphatic hydroxyl groups is 2. The number of nitrogens with zero attached hydrogens (tertiary/aromatic N) is 2. The molecule has 8 nitrogen and oxygen atoms in total. The fraction of sp³-hybridized carbons (Fsp3) is 0.571. The zero-order valence-corrected chi connectivity index (χ0v) is 21.7. The lowest BCUT2D eigenvalue weighted by Crippen LogP contribution is -2.56. The van der Waals surface area contributed by atoms with Crippen molar-refractivity contribution in [2.75, 3.05) is 13.1 Å². The van der Waals surface area contributed by atoms with E-state index in [-0.39, 0.29) is 24.7 Å². The minimum atomic E-state index is -1.25. The number of piperidine rings is 1. The molecule has 37 heavy (non-hydrogen) atoms. The summed E-state index contributed by atoms with van der Waals surface area (Å²) >= 11 is 0. The summed E-state index contributed by atoms with van der Waals surface area (Å²) in [5.41, 5.74) is 2.82. The van der Waals surface area contributed by atoms with Crippen molar-refractivity contribution in [3.05, 3.63) is 58.6 Å². The molecule has 1 aliphatic carbocycles. The SMILES string of the molecule is CC(C)(C)C1CN(Cc2ccc(CNC3=C4C(CC=C3)C(=O)N(C3CCC(O)NC3=O)C4O)c(F)c2)C1. The first-order chi connectivity index (χ1) is 17.5. The molecular formula is C28H37FN4O4. The summed E-state index contributed by atoms with van der Waals surface area (Å²) in [4.78, 5) is 29.1. The average molecular weight is 513 g/mol. The van der Waals surface area contributed by atoms with Crippen molar-refractivity contribution in [1.82, 2.24) is 20.4 Å². The molecule has 4 N–H and O–H groups in total. The first-order valence-corrected chi connectivity index (χ1v) is 13.2. The van der Waals surface area contributed by atoms with Crippen LogP contribution in [0.4, 0.5) is 4.39 Å². The Kier molecular flexibility index (Phi) is 6.89. The Balaban J connectivity index is 1.25. The summed E-state index contributed by atoms with van der Waals surface area (Å²) in [5.74, 6) is -0.972. The summed E-state index contributed by atoms with van der Waals surface area (Å²) in [5, 5.41) is 26.4. The standard InChI is InChI=1S/C28H37FN4O4/c1-28(2,3)18-14-32(15-18)13-16-7-8-17(20(29)11-16)12-30-21-6-4-5-19-24(21)27(37)33(26(19)36)22-9-10-23(34)31-25(22)35/h4,6-8,11,18-19,22-23,27,30,34,37H,5,9-10,12-15H2,1-3H3,(H,31,35). The van der Waals surface area contributed by atoms with Crippen LogP contribution < -0.4 is 10.6 Å². The molecule has 4 aliphatic rings. The van der Waals surface area contributed by atoms with E-state index in [2.05, 4.69) is 36.3 Å². The molecule has 5 rings (SSSR count). The van der Waals surface area contributed by atoms with E-state index >= 15 is 0 Å². The van der Waals surface area contributed by atoms with Crippen molar-refractivity contribution in [1.29, 1.82) is 0 Å². The van der Waals surface area contributed by atoms with Crippen LogP contribution in [0.25, 0.3) is 0 Å². The van der Waals surface area contributed by atoms with Crippen LogP contribution in [-0.4, -0.2) is 63.4 Å². The number of nitrogens with one attached hydrogen (secondary N) is 2. The lowest BCUT2D eigenvalue weighted by Gasteiger charge is -2.46. The topological polar surface area (TPSA) is 105 Å². The molecular weight excluding hydrogens is 475 g/mol. The second-order valence-corrected chi connectivity index (χ2v) is 11.8. The number of hydrogen-bond donors (Lipinski definition) is 4. The third kappa shape index (κ3) is 5.04. The number of carbonyl (C=O) groups is 2. The van der Waals surface area contributed by atoms with E-state index < -0.39 is 30.3 Å². The third-order valence-electron chi connectivity index (χ3n) is 8.27. The number of halogens is 1. The number of aliphatic hydroxyl groups excluding tert-OH is 2. The second-order valence-electron chi connectivity index (χ2n) is 11.8. The highest BCUT2D eigenvalue weighted by molar-refractivity contribution is 5.93. The number of rotatable bonds is 6. The predicted molar refractivity (Wildman–Crippen MR) is 136 cm³/mol. The molecule has 200 valence electrons.